The van der Waals surface area contributed by atoms with E-state index in [-0.39, 0.29) is 6.09 Å². The number of amides is 1. The van der Waals surface area contributed by atoms with Crippen molar-refractivity contribution < 1.29 is 14.3 Å². The van der Waals surface area contributed by atoms with Gasteiger partial charge in [0.1, 0.15) is 11.4 Å². The minimum Gasteiger partial charge on any atom is -0.494 e. The van der Waals surface area contributed by atoms with Gasteiger partial charge in [0, 0.05) is 25.3 Å². The molecule has 1 saturated heterocycles. The van der Waals surface area contributed by atoms with E-state index in [2.05, 4.69) is 12.2 Å². The van der Waals surface area contributed by atoms with Crippen LogP contribution in [0.5, 0.6) is 5.75 Å². The van der Waals surface area contributed by atoms with Gasteiger partial charge in [0.2, 0.25) is 0 Å². The molecule has 1 fully saturated rings. The second kappa shape index (κ2) is 8.97. The lowest BCUT2D eigenvalue weighted by atomic mass is 9.98. The third-order valence-corrected chi connectivity index (χ3v) is 4.09. The largest absolute Gasteiger partial charge is 0.494 e. The Labute approximate surface area is 151 Å². The number of piperidine rings is 1. The lowest BCUT2D eigenvalue weighted by molar-refractivity contribution is 0.0172. The molecule has 0 aromatic heterocycles. The van der Waals surface area contributed by atoms with Crippen LogP contribution in [-0.4, -0.2) is 42.8 Å². The van der Waals surface area contributed by atoms with E-state index in [1.54, 1.807) is 0 Å². The molecule has 140 valence electrons. The first kappa shape index (κ1) is 19.4. The number of rotatable bonds is 6. The molecule has 0 radical (unpaired) electrons. The summed E-state index contributed by atoms with van der Waals surface area (Å²) in [6.07, 6.45) is 2.96. The van der Waals surface area contributed by atoms with Crippen LogP contribution in [0.1, 0.15) is 47.0 Å². The summed E-state index contributed by atoms with van der Waals surface area (Å²) < 4.78 is 11.1. The molecular weight excluding hydrogens is 316 g/mol. The third-order valence-electron chi connectivity index (χ3n) is 4.09. The van der Waals surface area contributed by atoms with Crippen molar-refractivity contribution in [2.45, 2.75) is 52.6 Å². The Kier molecular flexibility index (Phi) is 6.97. The zero-order valence-electron chi connectivity index (χ0n) is 16.0. The van der Waals surface area contributed by atoms with E-state index in [1.807, 2.05) is 49.9 Å². The standard InChI is InChI=1S/C20H32N2O3/c1-5-13-24-18-10-8-17(9-11-18)21-14-16-7-6-12-22(15-16)19(23)25-20(2,3)4/h8-11,16,21H,5-7,12-15H2,1-4H3. The van der Waals surface area contributed by atoms with Crippen LogP contribution in [0.3, 0.4) is 0 Å². The van der Waals surface area contributed by atoms with Crippen LogP contribution in [0.4, 0.5) is 10.5 Å². The van der Waals surface area contributed by atoms with Gasteiger partial charge in [0.05, 0.1) is 6.61 Å². The van der Waals surface area contributed by atoms with Gasteiger partial charge in [-0.05, 0) is 70.2 Å². The number of likely N-dealkylation sites (tertiary alicyclic amines) is 1. The fourth-order valence-electron chi connectivity index (χ4n) is 2.88. The molecule has 1 unspecified atom stereocenters. The highest BCUT2D eigenvalue weighted by atomic mass is 16.6. The number of benzene rings is 1. The van der Waals surface area contributed by atoms with Crippen LogP contribution >= 0.6 is 0 Å². The molecule has 1 amide bonds. The molecule has 1 aromatic rings. The Morgan fingerprint density at radius 3 is 2.64 bits per heavy atom. The first-order valence-corrected chi connectivity index (χ1v) is 9.32. The van der Waals surface area contributed by atoms with Crippen LogP contribution in [0.15, 0.2) is 24.3 Å². The van der Waals surface area contributed by atoms with Crippen molar-refractivity contribution in [1.82, 2.24) is 4.90 Å². The van der Waals surface area contributed by atoms with Gasteiger partial charge < -0.3 is 19.7 Å². The van der Waals surface area contributed by atoms with E-state index in [0.29, 0.717) is 5.92 Å². The fourth-order valence-corrected chi connectivity index (χ4v) is 2.88. The zero-order chi connectivity index (χ0) is 18.3. The van der Waals surface area contributed by atoms with Crippen molar-refractivity contribution in [1.29, 1.82) is 0 Å². The first-order valence-electron chi connectivity index (χ1n) is 9.32. The maximum Gasteiger partial charge on any atom is 0.410 e. The van der Waals surface area contributed by atoms with Crippen LogP contribution in [0.2, 0.25) is 0 Å². The molecule has 0 aliphatic carbocycles. The number of nitrogens with zero attached hydrogens (tertiary/aromatic N) is 1. The molecule has 0 spiro atoms. The van der Waals surface area contributed by atoms with E-state index in [4.69, 9.17) is 9.47 Å². The molecular formula is C20H32N2O3. The van der Waals surface area contributed by atoms with Gasteiger partial charge in [-0.1, -0.05) is 6.92 Å². The zero-order valence-corrected chi connectivity index (χ0v) is 16.0. The van der Waals surface area contributed by atoms with Crippen molar-refractivity contribution in [2.75, 3.05) is 31.6 Å². The predicted octanol–water partition coefficient (Wildman–Crippen LogP) is 4.53. The normalized spacial score (nSPS) is 17.9. The molecule has 1 aromatic carbocycles. The summed E-state index contributed by atoms with van der Waals surface area (Å²) in [6, 6.07) is 8.07. The Bertz CT molecular complexity index is 537. The second-order valence-electron chi connectivity index (χ2n) is 7.69. The number of hydrogen-bond donors (Lipinski definition) is 1. The first-order chi connectivity index (χ1) is 11.9. The van der Waals surface area contributed by atoms with Crippen molar-refractivity contribution in [3.63, 3.8) is 0 Å². The quantitative estimate of drug-likeness (QED) is 0.820. The number of ether oxygens (including phenoxy) is 2. The number of nitrogens with one attached hydrogen (secondary N) is 1. The Morgan fingerprint density at radius 2 is 2.00 bits per heavy atom. The van der Waals surface area contributed by atoms with Gasteiger partial charge in [0.25, 0.3) is 0 Å². The van der Waals surface area contributed by atoms with Crippen LogP contribution in [0, 0.1) is 5.92 Å². The SMILES string of the molecule is CCCOc1ccc(NCC2CCCN(C(=O)OC(C)(C)C)C2)cc1. The van der Waals surface area contributed by atoms with Gasteiger partial charge in [-0.15, -0.1) is 0 Å². The molecule has 0 bridgehead atoms. The Hall–Kier alpha value is -1.91. The van der Waals surface area contributed by atoms with Crippen LogP contribution < -0.4 is 10.1 Å². The molecule has 2 rings (SSSR count). The summed E-state index contributed by atoms with van der Waals surface area (Å²) in [5.41, 5.74) is 0.641. The summed E-state index contributed by atoms with van der Waals surface area (Å²) in [5.74, 6) is 1.35. The lowest BCUT2D eigenvalue weighted by Gasteiger charge is -2.34. The van der Waals surface area contributed by atoms with Crippen molar-refractivity contribution in [2.24, 2.45) is 5.92 Å². The summed E-state index contributed by atoms with van der Waals surface area (Å²) in [6.45, 7) is 10.9. The number of anilines is 1. The molecule has 1 aliphatic heterocycles. The maximum absolute atomic E-state index is 12.2. The minimum atomic E-state index is -0.441. The smallest absolute Gasteiger partial charge is 0.410 e. The fraction of sp³-hybridized carbons (Fsp3) is 0.650. The molecule has 1 N–H and O–H groups in total. The third kappa shape index (κ3) is 6.85. The summed E-state index contributed by atoms with van der Waals surface area (Å²) in [7, 11) is 0. The van der Waals surface area contributed by atoms with Gasteiger partial charge >= 0.3 is 6.09 Å². The average molecular weight is 348 g/mol. The van der Waals surface area contributed by atoms with Crippen molar-refractivity contribution >= 4 is 11.8 Å². The van der Waals surface area contributed by atoms with Gasteiger partial charge in [-0.3, -0.25) is 0 Å². The minimum absolute atomic E-state index is 0.199. The number of hydrogen-bond acceptors (Lipinski definition) is 4. The van der Waals surface area contributed by atoms with Gasteiger partial charge in [-0.2, -0.15) is 0 Å². The van der Waals surface area contributed by atoms with E-state index in [9.17, 15) is 4.79 Å². The summed E-state index contributed by atoms with van der Waals surface area (Å²) >= 11 is 0. The van der Waals surface area contributed by atoms with Crippen molar-refractivity contribution in [3.8, 4) is 5.75 Å². The molecule has 1 heterocycles. The Balaban J connectivity index is 1.79. The number of carbonyl (C=O) groups excluding carboxylic acids is 1. The number of carbonyl (C=O) groups is 1. The highest BCUT2D eigenvalue weighted by Gasteiger charge is 2.27. The van der Waals surface area contributed by atoms with E-state index in [0.717, 1.165) is 56.9 Å². The Morgan fingerprint density at radius 1 is 1.28 bits per heavy atom. The molecule has 0 saturated carbocycles. The highest BCUT2D eigenvalue weighted by molar-refractivity contribution is 5.68. The molecule has 1 aliphatic rings. The lowest BCUT2D eigenvalue weighted by Crippen LogP contribution is -2.44. The van der Waals surface area contributed by atoms with Crippen LogP contribution in [0.25, 0.3) is 0 Å². The van der Waals surface area contributed by atoms with E-state index >= 15 is 0 Å². The maximum atomic E-state index is 12.2. The van der Waals surface area contributed by atoms with Crippen molar-refractivity contribution in [3.05, 3.63) is 24.3 Å². The molecule has 1 atom stereocenters. The highest BCUT2D eigenvalue weighted by Crippen LogP contribution is 2.21. The second-order valence-corrected chi connectivity index (χ2v) is 7.69. The summed E-state index contributed by atoms with van der Waals surface area (Å²) in [5, 5.41) is 3.47. The molecule has 5 heteroatoms. The summed E-state index contributed by atoms with van der Waals surface area (Å²) in [4.78, 5) is 14.1. The predicted molar refractivity (Wildman–Crippen MR) is 101 cm³/mol. The van der Waals surface area contributed by atoms with E-state index in [1.165, 1.54) is 0 Å². The van der Waals surface area contributed by atoms with Gasteiger partial charge in [-0.25, -0.2) is 4.79 Å². The van der Waals surface area contributed by atoms with Crippen LogP contribution in [-0.2, 0) is 4.74 Å². The van der Waals surface area contributed by atoms with Gasteiger partial charge in [0.15, 0.2) is 0 Å². The molecule has 25 heavy (non-hydrogen) atoms. The monoisotopic (exact) mass is 348 g/mol. The topological polar surface area (TPSA) is 50.8 Å². The molecule has 5 nitrogen and oxygen atoms in total. The average Bonchev–Trinajstić information content (AvgIpc) is 2.58. The van der Waals surface area contributed by atoms with E-state index < -0.39 is 5.60 Å².